The summed E-state index contributed by atoms with van der Waals surface area (Å²) >= 11 is 0. The smallest absolute Gasteiger partial charge is 0.142 e. The van der Waals surface area contributed by atoms with Crippen molar-refractivity contribution in [1.82, 2.24) is 0 Å². The number of hydrogen-bond acceptors (Lipinski definition) is 3. The van der Waals surface area contributed by atoms with Crippen molar-refractivity contribution < 1.29 is 15.0 Å². The molecule has 0 aliphatic heterocycles. The van der Waals surface area contributed by atoms with Crippen LogP contribution in [0.3, 0.4) is 0 Å². The maximum Gasteiger partial charge on any atom is 0.142 e. The summed E-state index contributed by atoms with van der Waals surface area (Å²) in [6, 6.07) is 0. The third kappa shape index (κ3) is 0.891. The number of carbonyl (C=O) groups excluding carboxylic acids is 1. The minimum Gasteiger partial charge on any atom is -0.390 e. The standard InChI is InChI=1S/C10H16O3/c1-9(2)6-5(7(9)11)4-10(3,13)8(6)12/h5-6,8,12-13H,4H2,1-3H3. The van der Waals surface area contributed by atoms with Crippen LogP contribution in [-0.2, 0) is 4.79 Å². The highest BCUT2D eigenvalue weighted by Gasteiger charge is 2.67. The first-order chi connectivity index (χ1) is 5.78. The summed E-state index contributed by atoms with van der Waals surface area (Å²) in [6.07, 6.45) is -0.327. The van der Waals surface area contributed by atoms with Gasteiger partial charge in [-0.15, -0.1) is 0 Å². The Morgan fingerprint density at radius 3 is 2.38 bits per heavy atom. The van der Waals surface area contributed by atoms with E-state index in [0.717, 1.165) is 0 Å². The fourth-order valence-electron chi connectivity index (χ4n) is 3.00. The van der Waals surface area contributed by atoms with Crippen molar-refractivity contribution in [2.75, 3.05) is 0 Å². The molecular weight excluding hydrogens is 168 g/mol. The Bertz CT molecular complexity index is 267. The lowest BCUT2D eigenvalue weighted by Crippen LogP contribution is -2.55. The number of carbonyl (C=O) groups is 1. The van der Waals surface area contributed by atoms with Gasteiger partial charge in [0.25, 0.3) is 0 Å². The van der Waals surface area contributed by atoms with Gasteiger partial charge in [0.05, 0.1) is 11.7 Å². The van der Waals surface area contributed by atoms with E-state index in [1.807, 2.05) is 13.8 Å². The molecule has 0 aromatic rings. The number of rotatable bonds is 0. The van der Waals surface area contributed by atoms with E-state index in [1.54, 1.807) is 6.92 Å². The number of hydrogen-bond donors (Lipinski definition) is 2. The van der Waals surface area contributed by atoms with Gasteiger partial charge in [0.15, 0.2) is 0 Å². The van der Waals surface area contributed by atoms with Gasteiger partial charge in [0.1, 0.15) is 5.78 Å². The van der Waals surface area contributed by atoms with Crippen LogP contribution in [0.25, 0.3) is 0 Å². The van der Waals surface area contributed by atoms with Gasteiger partial charge in [-0.25, -0.2) is 0 Å². The number of aliphatic hydroxyl groups is 2. The normalized spacial score (nSPS) is 53.0. The van der Waals surface area contributed by atoms with Crippen LogP contribution in [0.5, 0.6) is 0 Å². The number of Topliss-reactive ketones (excluding diaryl/α,β-unsaturated/α-hetero) is 1. The van der Waals surface area contributed by atoms with Gasteiger partial charge in [-0.05, 0) is 13.3 Å². The molecule has 0 spiro atoms. The fraction of sp³-hybridized carbons (Fsp3) is 0.900. The Morgan fingerprint density at radius 2 is 1.92 bits per heavy atom. The number of fused-ring (bicyclic) bond motifs is 1. The minimum atomic E-state index is -1.07. The van der Waals surface area contributed by atoms with Crippen molar-refractivity contribution in [2.24, 2.45) is 17.3 Å². The highest BCUT2D eigenvalue weighted by molar-refractivity contribution is 5.94. The summed E-state index contributed by atoms with van der Waals surface area (Å²) in [4.78, 5) is 11.6. The molecule has 3 nitrogen and oxygen atoms in total. The summed E-state index contributed by atoms with van der Waals surface area (Å²) in [5, 5.41) is 19.6. The van der Waals surface area contributed by atoms with Crippen LogP contribution in [0.15, 0.2) is 0 Å². The zero-order valence-electron chi connectivity index (χ0n) is 8.24. The molecule has 2 rings (SSSR count). The van der Waals surface area contributed by atoms with Crippen molar-refractivity contribution >= 4 is 5.78 Å². The van der Waals surface area contributed by atoms with Crippen LogP contribution in [0.4, 0.5) is 0 Å². The molecule has 0 amide bonds. The molecule has 0 saturated heterocycles. The maximum atomic E-state index is 11.6. The van der Waals surface area contributed by atoms with Crippen LogP contribution in [0.1, 0.15) is 27.2 Å². The largest absolute Gasteiger partial charge is 0.390 e. The van der Waals surface area contributed by atoms with Crippen molar-refractivity contribution in [3.8, 4) is 0 Å². The molecule has 0 heterocycles. The van der Waals surface area contributed by atoms with E-state index < -0.39 is 17.1 Å². The highest BCUT2D eigenvalue weighted by Crippen LogP contribution is 2.58. The fourth-order valence-corrected chi connectivity index (χ4v) is 3.00. The van der Waals surface area contributed by atoms with Gasteiger partial charge in [0.2, 0.25) is 0 Å². The predicted molar refractivity (Wildman–Crippen MR) is 47.0 cm³/mol. The van der Waals surface area contributed by atoms with E-state index in [9.17, 15) is 15.0 Å². The van der Waals surface area contributed by atoms with Gasteiger partial charge < -0.3 is 10.2 Å². The third-order valence-electron chi connectivity index (χ3n) is 3.85. The van der Waals surface area contributed by atoms with E-state index in [1.165, 1.54) is 0 Å². The molecule has 4 unspecified atom stereocenters. The first kappa shape index (κ1) is 9.16. The highest BCUT2D eigenvalue weighted by atomic mass is 16.3. The van der Waals surface area contributed by atoms with Crippen LogP contribution < -0.4 is 0 Å². The van der Waals surface area contributed by atoms with Gasteiger partial charge in [-0.3, -0.25) is 4.79 Å². The zero-order chi connectivity index (χ0) is 10.0. The summed E-state index contributed by atoms with van der Waals surface area (Å²) in [5.74, 6) is 0.0318. The Kier molecular flexibility index (Phi) is 1.51. The molecule has 2 saturated carbocycles. The summed E-state index contributed by atoms with van der Waals surface area (Å²) in [7, 11) is 0. The second kappa shape index (κ2) is 2.15. The summed E-state index contributed by atoms with van der Waals surface area (Å²) < 4.78 is 0. The molecule has 3 heteroatoms. The van der Waals surface area contributed by atoms with E-state index in [0.29, 0.717) is 6.42 Å². The molecule has 0 aromatic heterocycles. The molecule has 0 radical (unpaired) electrons. The zero-order valence-corrected chi connectivity index (χ0v) is 8.24. The lowest BCUT2D eigenvalue weighted by molar-refractivity contribution is -0.158. The van der Waals surface area contributed by atoms with Crippen molar-refractivity contribution in [2.45, 2.75) is 38.9 Å². The van der Waals surface area contributed by atoms with Crippen LogP contribution in [0.2, 0.25) is 0 Å². The first-order valence-electron chi connectivity index (χ1n) is 4.73. The molecule has 0 bridgehead atoms. The molecule has 2 N–H and O–H groups in total. The molecule has 13 heavy (non-hydrogen) atoms. The lowest BCUT2D eigenvalue weighted by Gasteiger charge is -2.47. The predicted octanol–water partition coefficient (Wildman–Crippen LogP) is 0.343. The molecule has 74 valence electrons. The Hall–Kier alpha value is -0.410. The first-order valence-corrected chi connectivity index (χ1v) is 4.73. The number of aliphatic hydroxyl groups excluding tert-OH is 1. The number of ketones is 1. The van der Waals surface area contributed by atoms with Crippen molar-refractivity contribution in [3.05, 3.63) is 0 Å². The lowest BCUT2D eigenvalue weighted by atomic mass is 9.55. The van der Waals surface area contributed by atoms with E-state index in [-0.39, 0.29) is 17.6 Å². The van der Waals surface area contributed by atoms with Crippen LogP contribution >= 0.6 is 0 Å². The van der Waals surface area contributed by atoms with Gasteiger partial charge in [0, 0.05) is 17.3 Å². The van der Waals surface area contributed by atoms with Gasteiger partial charge in [-0.2, -0.15) is 0 Å². The second-order valence-electron chi connectivity index (χ2n) is 5.22. The molecule has 0 aromatic carbocycles. The summed E-state index contributed by atoms with van der Waals surface area (Å²) in [5.41, 5.74) is -1.51. The van der Waals surface area contributed by atoms with Crippen LogP contribution in [0, 0.1) is 17.3 Å². The third-order valence-corrected chi connectivity index (χ3v) is 3.85. The van der Waals surface area contributed by atoms with E-state index in [4.69, 9.17) is 0 Å². The average molecular weight is 184 g/mol. The maximum absolute atomic E-state index is 11.6. The molecule has 2 aliphatic rings. The molecular formula is C10H16O3. The Balaban J connectivity index is 2.31. The SMILES string of the molecule is CC1(O)CC2C(=O)C(C)(C)C2C1O. The Labute approximate surface area is 77.8 Å². The summed E-state index contributed by atoms with van der Waals surface area (Å²) in [6.45, 7) is 5.31. The van der Waals surface area contributed by atoms with Crippen molar-refractivity contribution in [1.29, 1.82) is 0 Å². The second-order valence-corrected chi connectivity index (χ2v) is 5.22. The topological polar surface area (TPSA) is 57.5 Å². The minimum absolute atomic E-state index is 0.0463. The van der Waals surface area contributed by atoms with Gasteiger partial charge in [-0.1, -0.05) is 13.8 Å². The van der Waals surface area contributed by atoms with Crippen LogP contribution in [-0.4, -0.2) is 27.7 Å². The quantitative estimate of drug-likeness (QED) is 0.571. The van der Waals surface area contributed by atoms with Crippen molar-refractivity contribution in [3.63, 3.8) is 0 Å². The van der Waals surface area contributed by atoms with E-state index in [2.05, 4.69) is 0 Å². The monoisotopic (exact) mass is 184 g/mol. The van der Waals surface area contributed by atoms with E-state index >= 15 is 0 Å². The molecule has 4 atom stereocenters. The molecule has 2 aliphatic carbocycles. The average Bonchev–Trinajstić information content (AvgIpc) is 2.22. The Morgan fingerprint density at radius 1 is 1.38 bits per heavy atom. The van der Waals surface area contributed by atoms with Gasteiger partial charge >= 0.3 is 0 Å². The molecule has 2 fully saturated rings.